The van der Waals surface area contributed by atoms with Crippen molar-refractivity contribution in [1.82, 2.24) is 15.1 Å². The summed E-state index contributed by atoms with van der Waals surface area (Å²) >= 11 is 0. The summed E-state index contributed by atoms with van der Waals surface area (Å²) in [5, 5.41) is 6.54. The van der Waals surface area contributed by atoms with Gasteiger partial charge in [0.15, 0.2) is 0 Å². The van der Waals surface area contributed by atoms with Crippen LogP contribution in [0.5, 0.6) is 0 Å². The number of halogens is 2. The summed E-state index contributed by atoms with van der Waals surface area (Å²) in [6.07, 6.45) is 2.31. The van der Waals surface area contributed by atoms with E-state index in [2.05, 4.69) is 10.2 Å². The molecular formula is C16H16F2N4O2. The maximum Gasteiger partial charge on any atom is 0.269 e. The van der Waals surface area contributed by atoms with Gasteiger partial charge in [-0.1, -0.05) is 0 Å². The first-order valence-corrected chi connectivity index (χ1v) is 7.58. The van der Waals surface area contributed by atoms with Crippen molar-refractivity contribution in [3.63, 3.8) is 0 Å². The Labute approximate surface area is 136 Å². The molecule has 2 heterocycles. The number of hydrogen-bond donors (Lipinski definition) is 2. The number of nitrogens with zero attached hydrogens (tertiary/aromatic N) is 2. The molecular weight excluding hydrogens is 318 g/mol. The van der Waals surface area contributed by atoms with Crippen molar-refractivity contribution in [2.75, 3.05) is 6.54 Å². The highest BCUT2D eigenvalue weighted by Crippen LogP contribution is 2.31. The highest BCUT2D eigenvalue weighted by atomic mass is 19.1. The largest absolute Gasteiger partial charge is 0.364 e. The second-order valence-corrected chi connectivity index (χ2v) is 5.71. The Balaban J connectivity index is 1.91. The molecule has 1 fully saturated rings. The Morgan fingerprint density at radius 1 is 1.25 bits per heavy atom. The molecule has 1 aliphatic heterocycles. The lowest BCUT2D eigenvalue weighted by atomic mass is 9.98. The molecule has 1 aromatic carbocycles. The molecule has 2 amide bonds. The molecule has 0 spiro atoms. The third-order valence-corrected chi connectivity index (χ3v) is 4.13. The zero-order valence-electron chi connectivity index (χ0n) is 12.8. The molecule has 24 heavy (non-hydrogen) atoms. The molecule has 1 saturated heterocycles. The van der Waals surface area contributed by atoms with Crippen LogP contribution in [-0.2, 0) is 0 Å². The number of nitrogens with one attached hydrogen (secondary N) is 1. The lowest BCUT2D eigenvalue weighted by Gasteiger charge is -2.35. The standard InChI is InChI=1S/C16H16F2N4O2/c17-9-4-5-10(11(18)7-9)16(24)22-6-2-1-3-14(22)12-8-13(15(19)23)21-20-12/h4-5,7-8,14H,1-3,6H2,(H2,19,23)(H,20,21). The lowest BCUT2D eigenvalue weighted by molar-refractivity contribution is 0.0601. The fourth-order valence-electron chi connectivity index (χ4n) is 2.95. The van der Waals surface area contributed by atoms with Gasteiger partial charge in [-0.2, -0.15) is 5.10 Å². The number of benzene rings is 1. The molecule has 3 rings (SSSR count). The first kappa shape index (κ1) is 16.1. The van der Waals surface area contributed by atoms with Gasteiger partial charge in [-0.05, 0) is 37.5 Å². The van der Waals surface area contributed by atoms with Gasteiger partial charge in [0, 0.05) is 12.6 Å². The number of piperidine rings is 1. The van der Waals surface area contributed by atoms with Gasteiger partial charge in [-0.25, -0.2) is 8.78 Å². The quantitative estimate of drug-likeness (QED) is 0.901. The normalized spacial score (nSPS) is 17.8. The monoisotopic (exact) mass is 334 g/mol. The smallest absolute Gasteiger partial charge is 0.269 e. The van der Waals surface area contributed by atoms with Crippen LogP contribution in [0.15, 0.2) is 24.3 Å². The molecule has 6 nitrogen and oxygen atoms in total. The number of aromatic amines is 1. The van der Waals surface area contributed by atoms with Crippen LogP contribution in [0, 0.1) is 11.6 Å². The van der Waals surface area contributed by atoms with Crippen molar-refractivity contribution < 1.29 is 18.4 Å². The number of hydrogen-bond acceptors (Lipinski definition) is 3. The Hall–Kier alpha value is -2.77. The molecule has 1 aromatic heterocycles. The molecule has 3 N–H and O–H groups in total. The van der Waals surface area contributed by atoms with Crippen molar-refractivity contribution in [2.24, 2.45) is 5.73 Å². The molecule has 2 aromatic rings. The van der Waals surface area contributed by atoms with E-state index < -0.39 is 23.4 Å². The van der Waals surface area contributed by atoms with Crippen molar-refractivity contribution >= 4 is 11.8 Å². The third-order valence-electron chi connectivity index (χ3n) is 4.13. The predicted octanol–water partition coefficient (Wildman–Crippen LogP) is 2.15. The Morgan fingerprint density at radius 3 is 2.71 bits per heavy atom. The molecule has 1 unspecified atom stereocenters. The van der Waals surface area contributed by atoms with Crippen LogP contribution in [-0.4, -0.2) is 33.5 Å². The van der Waals surface area contributed by atoms with Gasteiger partial charge in [0.2, 0.25) is 0 Å². The number of rotatable bonds is 3. The SMILES string of the molecule is NC(=O)c1cc(C2CCCCN2C(=O)c2ccc(F)cc2F)[nH]n1. The molecule has 126 valence electrons. The number of carbonyl (C=O) groups is 2. The minimum absolute atomic E-state index is 0.0796. The number of aromatic nitrogens is 2. The Morgan fingerprint density at radius 2 is 2.04 bits per heavy atom. The summed E-state index contributed by atoms with van der Waals surface area (Å²) in [5.41, 5.74) is 5.66. The van der Waals surface area contributed by atoms with Crippen molar-refractivity contribution in [3.8, 4) is 0 Å². The number of H-pyrrole nitrogens is 1. The molecule has 8 heteroatoms. The summed E-state index contributed by atoms with van der Waals surface area (Å²) in [7, 11) is 0. The number of primary amides is 1. The maximum absolute atomic E-state index is 13.9. The molecule has 0 aliphatic carbocycles. The molecule has 1 atom stereocenters. The van der Waals surface area contributed by atoms with Gasteiger partial charge in [-0.3, -0.25) is 14.7 Å². The van der Waals surface area contributed by atoms with E-state index >= 15 is 0 Å². The first-order valence-electron chi connectivity index (χ1n) is 7.58. The van der Waals surface area contributed by atoms with E-state index in [4.69, 9.17) is 5.73 Å². The highest BCUT2D eigenvalue weighted by molar-refractivity contribution is 5.95. The van der Waals surface area contributed by atoms with Gasteiger partial charge in [0.05, 0.1) is 17.3 Å². The van der Waals surface area contributed by atoms with Crippen molar-refractivity contribution in [2.45, 2.75) is 25.3 Å². The minimum atomic E-state index is -0.897. The van der Waals surface area contributed by atoms with Crippen LogP contribution in [0.2, 0.25) is 0 Å². The Kier molecular flexibility index (Phi) is 4.28. The summed E-state index contributed by atoms with van der Waals surface area (Å²) in [6.45, 7) is 0.436. The minimum Gasteiger partial charge on any atom is -0.364 e. The van der Waals surface area contributed by atoms with Crippen LogP contribution >= 0.6 is 0 Å². The first-order chi connectivity index (χ1) is 11.5. The maximum atomic E-state index is 13.9. The van der Waals surface area contributed by atoms with Crippen LogP contribution in [0.4, 0.5) is 8.78 Å². The van der Waals surface area contributed by atoms with Crippen LogP contribution in [0.1, 0.15) is 51.8 Å². The van der Waals surface area contributed by atoms with Gasteiger partial charge in [0.25, 0.3) is 11.8 Å². The number of carbonyl (C=O) groups excluding carboxylic acids is 2. The fraction of sp³-hybridized carbons (Fsp3) is 0.312. The second-order valence-electron chi connectivity index (χ2n) is 5.71. The van der Waals surface area contributed by atoms with E-state index in [-0.39, 0.29) is 17.3 Å². The molecule has 1 aliphatic rings. The number of amides is 2. The van der Waals surface area contributed by atoms with Gasteiger partial charge in [0.1, 0.15) is 17.3 Å². The van der Waals surface area contributed by atoms with Crippen LogP contribution < -0.4 is 5.73 Å². The van der Waals surface area contributed by atoms with Gasteiger partial charge >= 0.3 is 0 Å². The zero-order valence-corrected chi connectivity index (χ0v) is 12.8. The fourth-order valence-corrected chi connectivity index (χ4v) is 2.95. The average Bonchev–Trinajstić information content (AvgIpc) is 3.04. The van der Waals surface area contributed by atoms with E-state index in [1.54, 1.807) is 0 Å². The van der Waals surface area contributed by atoms with Gasteiger partial charge < -0.3 is 10.6 Å². The van der Waals surface area contributed by atoms with Gasteiger partial charge in [-0.15, -0.1) is 0 Å². The van der Waals surface area contributed by atoms with E-state index in [1.165, 1.54) is 11.0 Å². The topological polar surface area (TPSA) is 92.1 Å². The summed E-state index contributed by atoms with van der Waals surface area (Å²) < 4.78 is 27.0. The predicted molar refractivity (Wildman–Crippen MR) is 81.1 cm³/mol. The summed E-state index contributed by atoms with van der Waals surface area (Å²) in [4.78, 5) is 25.4. The number of likely N-dealkylation sites (tertiary alicyclic amines) is 1. The molecule has 0 saturated carbocycles. The summed E-state index contributed by atoms with van der Waals surface area (Å²) in [6, 6.07) is 4.01. The van der Waals surface area contributed by atoms with Crippen molar-refractivity contribution in [1.29, 1.82) is 0 Å². The highest BCUT2D eigenvalue weighted by Gasteiger charge is 2.31. The number of nitrogens with two attached hydrogens (primary N) is 1. The lowest BCUT2D eigenvalue weighted by Crippen LogP contribution is -2.39. The second kappa shape index (κ2) is 6.38. The average molecular weight is 334 g/mol. The third kappa shape index (κ3) is 2.99. The Bertz CT molecular complexity index is 790. The van der Waals surface area contributed by atoms with E-state index in [1.807, 2.05) is 0 Å². The van der Waals surface area contributed by atoms with E-state index in [9.17, 15) is 18.4 Å². The molecule has 0 radical (unpaired) electrons. The van der Waals surface area contributed by atoms with E-state index in [0.717, 1.165) is 25.0 Å². The van der Waals surface area contributed by atoms with E-state index in [0.29, 0.717) is 24.7 Å². The van der Waals surface area contributed by atoms with Crippen molar-refractivity contribution in [3.05, 3.63) is 52.9 Å². The summed E-state index contributed by atoms with van der Waals surface area (Å²) in [5.74, 6) is -2.83. The molecule has 0 bridgehead atoms. The zero-order chi connectivity index (χ0) is 17.3. The van der Waals surface area contributed by atoms with Crippen LogP contribution in [0.25, 0.3) is 0 Å². The van der Waals surface area contributed by atoms with Crippen LogP contribution in [0.3, 0.4) is 0 Å².